The molecule has 2 aromatic heterocycles. The minimum absolute atomic E-state index is 0.0742. The summed E-state index contributed by atoms with van der Waals surface area (Å²) in [4.78, 5) is 20.7. The molecule has 0 aromatic carbocycles. The van der Waals surface area contributed by atoms with E-state index in [0.717, 1.165) is 44.1 Å². The van der Waals surface area contributed by atoms with Gasteiger partial charge < -0.3 is 10.0 Å². The van der Waals surface area contributed by atoms with E-state index in [2.05, 4.69) is 15.0 Å². The van der Waals surface area contributed by atoms with Gasteiger partial charge in [-0.25, -0.2) is 0 Å². The van der Waals surface area contributed by atoms with E-state index in [1.165, 1.54) is 5.56 Å². The van der Waals surface area contributed by atoms with Crippen LogP contribution in [0.25, 0.3) is 0 Å². The van der Waals surface area contributed by atoms with E-state index < -0.39 is 0 Å². The van der Waals surface area contributed by atoms with Crippen LogP contribution >= 0.6 is 0 Å². The Bertz CT molecular complexity index is 721. The first kappa shape index (κ1) is 17.6. The number of carbonyl (C=O) groups is 1. The average molecular weight is 343 g/mol. The number of aliphatic hydroxyl groups is 1. The van der Waals surface area contributed by atoms with Crippen LogP contribution < -0.4 is 0 Å². The quantitative estimate of drug-likeness (QED) is 0.871. The lowest BCUT2D eigenvalue weighted by atomic mass is 10.1. The Morgan fingerprint density at radius 3 is 2.48 bits per heavy atom. The monoisotopic (exact) mass is 343 g/mol. The molecule has 2 aromatic rings. The highest BCUT2D eigenvalue weighted by Gasteiger charge is 2.23. The molecule has 3 heterocycles. The number of hydrogen-bond acceptors (Lipinski definition) is 5. The minimum Gasteiger partial charge on any atom is -0.394 e. The lowest BCUT2D eigenvalue weighted by molar-refractivity contribution is 0.0628. The number of amides is 1. The van der Waals surface area contributed by atoms with Gasteiger partial charge in [0.25, 0.3) is 5.91 Å². The van der Waals surface area contributed by atoms with E-state index in [4.69, 9.17) is 5.11 Å². The molecule has 25 heavy (non-hydrogen) atoms. The molecule has 1 N–H and O–H groups in total. The number of aliphatic hydroxyl groups excluding tert-OH is 1. The van der Waals surface area contributed by atoms with E-state index in [1.807, 2.05) is 23.4 Å². The predicted molar refractivity (Wildman–Crippen MR) is 94.2 cm³/mol. The third-order valence-corrected chi connectivity index (χ3v) is 4.81. The molecule has 0 aliphatic carbocycles. The zero-order valence-corrected chi connectivity index (χ0v) is 14.9. The van der Waals surface area contributed by atoms with Crippen molar-refractivity contribution < 1.29 is 9.90 Å². The van der Waals surface area contributed by atoms with Gasteiger partial charge in [0.2, 0.25) is 0 Å². The Morgan fingerprint density at radius 2 is 1.84 bits per heavy atom. The fourth-order valence-electron chi connectivity index (χ4n) is 3.29. The number of piperazine rings is 1. The molecule has 0 radical (unpaired) electrons. The molecule has 1 fully saturated rings. The Balaban J connectivity index is 1.59. The topological polar surface area (TPSA) is 74.5 Å². The van der Waals surface area contributed by atoms with E-state index in [9.17, 15) is 4.79 Å². The first-order valence-corrected chi connectivity index (χ1v) is 8.65. The molecule has 1 aliphatic rings. The van der Waals surface area contributed by atoms with Gasteiger partial charge in [-0.1, -0.05) is 0 Å². The minimum atomic E-state index is 0.0742. The maximum atomic E-state index is 12.5. The molecule has 1 amide bonds. The summed E-state index contributed by atoms with van der Waals surface area (Å²) in [6.07, 6.45) is 3.30. The standard InChI is InChI=1S/C18H25N5O2/c1-14-17(15(2)23(20-14)11-12-24)13-21-7-9-22(10-8-21)18(25)16-3-5-19-6-4-16/h3-6,24H,7-13H2,1-2H3. The highest BCUT2D eigenvalue weighted by molar-refractivity contribution is 5.94. The second-order valence-electron chi connectivity index (χ2n) is 6.40. The van der Waals surface area contributed by atoms with Gasteiger partial charge in [-0.15, -0.1) is 0 Å². The van der Waals surface area contributed by atoms with Crippen molar-refractivity contribution in [2.24, 2.45) is 0 Å². The fourth-order valence-corrected chi connectivity index (χ4v) is 3.29. The molecular formula is C18H25N5O2. The van der Waals surface area contributed by atoms with Crippen LogP contribution in [-0.2, 0) is 13.1 Å². The van der Waals surface area contributed by atoms with Crippen LogP contribution in [0.4, 0.5) is 0 Å². The maximum Gasteiger partial charge on any atom is 0.254 e. The van der Waals surface area contributed by atoms with E-state index in [-0.39, 0.29) is 12.5 Å². The molecule has 134 valence electrons. The molecular weight excluding hydrogens is 318 g/mol. The van der Waals surface area contributed by atoms with E-state index in [1.54, 1.807) is 24.5 Å². The van der Waals surface area contributed by atoms with Crippen molar-refractivity contribution in [1.82, 2.24) is 24.6 Å². The first-order chi connectivity index (χ1) is 12.1. The van der Waals surface area contributed by atoms with Crippen LogP contribution in [-0.4, -0.2) is 68.4 Å². The van der Waals surface area contributed by atoms with Gasteiger partial charge in [-0.3, -0.25) is 19.4 Å². The number of nitrogens with zero attached hydrogens (tertiary/aromatic N) is 5. The van der Waals surface area contributed by atoms with Crippen LogP contribution in [0.5, 0.6) is 0 Å². The van der Waals surface area contributed by atoms with Crippen molar-refractivity contribution >= 4 is 5.91 Å². The lowest BCUT2D eigenvalue weighted by Gasteiger charge is -2.34. The van der Waals surface area contributed by atoms with Crippen LogP contribution in [0, 0.1) is 13.8 Å². The van der Waals surface area contributed by atoms with Crippen molar-refractivity contribution in [3.8, 4) is 0 Å². The molecule has 1 saturated heterocycles. The normalized spacial score (nSPS) is 15.6. The van der Waals surface area contributed by atoms with Gasteiger partial charge in [-0.2, -0.15) is 5.10 Å². The summed E-state index contributed by atoms with van der Waals surface area (Å²) in [5.41, 5.74) is 4.05. The van der Waals surface area contributed by atoms with E-state index >= 15 is 0 Å². The van der Waals surface area contributed by atoms with Gasteiger partial charge in [0.05, 0.1) is 18.8 Å². The summed E-state index contributed by atoms with van der Waals surface area (Å²) < 4.78 is 1.87. The largest absolute Gasteiger partial charge is 0.394 e. The molecule has 0 atom stereocenters. The summed E-state index contributed by atoms with van der Waals surface area (Å²) >= 11 is 0. The summed E-state index contributed by atoms with van der Waals surface area (Å²) in [6.45, 7) is 8.67. The van der Waals surface area contributed by atoms with Gasteiger partial charge in [0.1, 0.15) is 0 Å². The van der Waals surface area contributed by atoms with Crippen molar-refractivity contribution in [2.45, 2.75) is 26.9 Å². The molecule has 7 heteroatoms. The summed E-state index contributed by atoms with van der Waals surface area (Å²) in [5, 5.41) is 13.6. The number of aromatic nitrogens is 3. The molecule has 0 saturated carbocycles. The number of aryl methyl sites for hydroxylation is 1. The number of hydrogen-bond donors (Lipinski definition) is 1. The fraction of sp³-hybridized carbons (Fsp3) is 0.500. The number of rotatable bonds is 5. The molecule has 0 bridgehead atoms. The molecule has 1 aliphatic heterocycles. The Labute approximate surface area is 147 Å². The number of pyridine rings is 1. The smallest absolute Gasteiger partial charge is 0.254 e. The molecule has 7 nitrogen and oxygen atoms in total. The maximum absolute atomic E-state index is 12.5. The van der Waals surface area contributed by atoms with Gasteiger partial charge in [0, 0.05) is 61.9 Å². The zero-order chi connectivity index (χ0) is 17.8. The second kappa shape index (κ2) is 7.76. The van der Waals surface area contributed by atoms with Crippen molar-refractivity contribution in [3.05, 3.63) is 47.0 Å². The van der Waals surface area contributed by atoms with Crippen molar-refractivity contribution in [2.75, 3.05) is 32.8 Å². The summed E-state index contributed by atoms with van der Waals surface area (Å²) in [6, 6.07) is 3.52. The SMILES string of the molecule is Cc1nn(CCO)c(C)c1CN1CCN(C(=O)c2ccncc2)CC1. The van der Waals surface area contributed by atoms with E-state index in [0.29, 0.717) is 12.1 Å². The summed E-state index contributed by atoms with van der Waals surface area (Å²) in [7, 11) is 0. The van der Waals surface area contributed by atoms with Gasteiger partial charge in [0.15, 0.2) is 0 Å². The van der Waals surface area contributed by atoms with Crippen molar-refractivity contribution in [3.63, 3.8) is 0 Å². The lowest BCUT2D eigenvalue weighted by Crippen LogP contribution is -2.48. The molecule has 0 unspecified atom stereocenters. The van der Waals surface area contributed by atoms with Crippen LogP contribution in [0.15, 0.2) is 24.5 Å². The predicted octanol–water partition coefficient (Wildman–Crippen LogP) is 0.845. The summed E-state index contributed by atoms with van der Waals surface area (Å²) in [5.74, 6) is 0.0742. The average Bonchev–Trinajstić information content (AvgIpc) is 2.90. The third-order valence-electron chi connectivity index (χ3n) is 4.81. The highest BCUT2D eigenvalue weighted by Crippen LogP contribution is 2.17. The Kier molecular flexibility index (Phi) is 5.45. The van der Waals surface area contributed by atoms with Crippen LogP contribution in [0.1, 0.15) is 27.3 Å². The van der Waals surface area contributed by atoms with Gasteiger partial charge >= 0.3 is 0 Å². The Hall–Kier alpha value is -2.25. The Morgan fingerprint density at radius 1 is 1.16 bits per heavy atom. The highest BCUT2D eigenvalue weighted by atomic mass is 16.3. The zero-order valence-electron chi connectivity index (χ0n) is 14.9. The second-order valence-corrected chi connectivity index (χ2v) is 6.40. The van der Waals surface area contributed by atoms with Crippen LogP contribution in [0.2, 0.25) is 0 Å². The van der Waals surface area contributed by atoms with Gasteiger partial charge in [-0.05, 0) is 26.0 Å². The molecule has 3 rings (SSSR count). The third kappa shape index (κ3) is 3.88. The van der Waals surface area contributed by atoms with Crippen molar-refractivity contribution in [1.29, 1.82) is 0 Å². The first-order valence-electron chi connectivity index (χ1n) is 8.65. The van der Waals surface area contributed by atoms with Crippen LogP contribution in [0.3, 0.4) is 0 Å². The molecule has 0 spiro atoms. The number of carbonyl (C=O) groups excluding carboxylic acids is 1.